The van der Waals surface area contributed by atoms with E-state index in [4.69, 9.17) is 11.6 Å². The summed E-state index contributed by atoms with van der Waals surface area (Å²) in [5, 5.41) is 16.9. The summed E-state index contributed by atoms with van der Waals surface area (Å²) in [6.07, 6.45) is 9.07. The monoisotopic (exact) mass is 444 g/mol. The second-order valence-corrected chi connectivity index (χ2v) is 8.92. The molecule has 2 aliphatic carbocycles. The highest BCUT2D eigenvalue weighted by Gasteiger charge is 2.39. The lowest BCUT2D eigenvalue weighted by molar-refractivity contribution is 0.0681. The van der Waals surface area contributed by atoms with Gasteiger partial charge in [-0.2, -0.15) is 0 Å². The topological polar surface area (TPSA) is 61.4 Å². The van der Waals surface area contributed by atoms with E-state index in [0.29, 0.717) is 29.0 Å². The van der Waals surface area contributed by atoms with E-state index in [2.05, 4.69) is 10.6 Å². The highest BCUT2D eigenvalue weighted by molar-refractivity contribution is 6.33. The first-order valence-electron chi connectivity index (χ1n) is 10.5. The second-order valence-electron chi connectivity index (χ2n) is 8.52. The maximum Gasteiger partial charge on any atom is 0.252 e. The van der Waals surface area contributed by atoms with E-state index in [0.717, 1.165) is 24.6 Å². The van der Waals surface area contributed by atoms with E-state index in [-0.39, 0.29) is 25.7 Å². The fourth-order valence-electron chi connectivity index (χ4n) is 4.96. The average molecular weight is 445 g/mol. The third kappa shape index (κ3) is 7.13. The van der Waals surface area contributed by atoms with Crippen molar-refractivity contribution in [3.8, 4) is 0 Å². The van der Waals surface area contributed by atoms with Gasteiger partial charge in [-0.1, -0.05) is 57.7 Å². The van der Waals surface area contributed by atoms with Crippen LogP contribution in [0.15, 0.2) is 18.2 Å². The Bertz CT molecular complexity index is 644. The summed E-state index contributed by atoms with van der Waals surface area (Å²) < 4.78 is 0. The van der Waals surface area contributed by atoms with Gasteiger partial charge in [0.25, 0.3) is 5.91 Å². The first-order chi connectivity index (χ1) is 13.0. The standard InChI is InChI=1S/C22H33ClN2O2.CH4.ClH/c1-2-24-14-18(26)11-17-7-8-20(23)19(12-17)21(27)25-15-22-9-3-5-16(13-22)6-4-10-22;;/h7-8,12,16,18,24,26H,2-6,9-11,13-15H2,1H3,(H,25,27);1H4;1H/t16?,18-,22?;;/m0../s1. The number of hydrogen-bond acceptors (Lipinski definition) is 3. The van der Waals surface area contributed by atoms with Crippen molar-refractivity contribution in [3.63, 3.8) is 0 Å². The lowest BCUT2D eigenvalue weighted by atomic mass is 9.62. The van der Waals surface area contributed by atoms with Crippen LogP contribution in [0.1, 0.15) is 75.2 Å². The molecule has 0 aromatic heterocycles. The van der Waals surface area contributed by atoms with Gasteiger partial charge in [0.2, 0.25) is 0 Å². The number of benzene rings is 1. The SMILES string of the molecule is C.CCNC[C@@H](O)Cc1ccc(Cl)c(C(=O)NCC23CCCC(CCC2)C3)c1.Cl. The van der Waals surface area contributed by atoms with Crippen molar-refractivity contribution in [3.05, 3.63) is 34.3 Å². The lowest BCUT2D eigenvalue weighted by Gasteiger charge is -2.45. The van der Waals surface area contributed by atoms with Crippen LogP contribution in [0.2, 0.25) is 5.02 Å². The molecular weight excluding hydrogens is 407 g/mol. The van der Waals surface area contributed by atoms with Gasteiger partial charge in [-0.05, 0) is 61.3 Å². The number of halogens is 2. The number of aliphatic hydroxyl groups is 1. The van der Waals surface area contributed by atoms with E-state index in [9.17, 15) is 9.90 Å². The van der Waals surface area contributed by atoms with Gasteiger partial charge in [-0.25, -0.2) is 0 Å². The molecule has 1 atom stereocenters. The Morgan fingerprint density at radius 1 is 1.31 bits per heavy atom. The molecule has 3 rings (SSSR count). The van der Waals surface area contributed by atoms with Crippen molar-refractivity contribution in [2.45, 2.75) is 71.8 Å². The zero-order chi connectivity index (χ0) is 19.3. The molecule has 1 amide bonds. The molecule has 29 heavy (non-hydrogen) atoms. The molecule has 1 aromatic rings. The first kappa shape index (κ1) is 26.2. The van der Waals surface area contributed by atoms with E-state index in [1.165, 1.54) is 44.9 Å². The summed E-state index contributed by atoms with van der Waals surface area (Å²) in [4.78, 5) is 12.8. The summed E-state index contributed by atoms with van der Waals surface area (Å²) in [7, 11) is 0. The van der Waals surface area contributed by atoms with Crippen molar-refractivity contribution < 1.29 is 9.90 Å². The van der Waals surface area contributed by atoms with Crippen LogP contribution < -0.4 is 10.6 Å². The molecule has 3 N–H and O–H groups in total. The van der Waals surface area contributed by atoms with Gasteiger partial charge in [0.15, 0.2) is 0 Å². The number of hydrogen-bond donors (Lipinski definition) is 3. The van der Waals surface area contributed by atoms with Crippen LogP contribution in [0.4, 0.5) is 0 Å². The Morgan fingerprint density at radius 2 is 2.00 bits per heavy atom. The predicted octanol–water partition coefficient (Wildman–Crippen LogP) is 5.00. The maximum atomic E-state index is 12.8. The summed E-state index contributed by atoms with van der Waals surface area (Å²) in [6.45, 7) is 4.14. The van der Waals surface area contributed by atoms with Gasteiger partial charge < -0.3 is 15.7 Å². The summed E-state index contributed by atoms with van der Waals surface area (Å²) in [6, 6.07) is 5.48. The third-order valence-electron chi connectivity index (χ3n) is 6.36. The molecule has 1 aromatic carbocycles. The van der Waals surface area contributed by atoms with Crippen LogP contribution in [-0.2, 0) is 6.42 Å². The summed E-state index contributed by atoms with van der Waals surface area (Å²) in [5.74, 6) is 0.764. The first-order valence-corrected chi connectivity index (χ1v) is 10.8. The van der Waals surface area contributed by atoms with Crippen LogP contribution >= 0.6 is 24.0 Å². The quantitative estimate of drug-likeness (QED) is 0.528. The molecule has 2 aliphatic rings. The largest absolute Gasteiger partial charge is 0.391 e. The molecule has 166 valence electrons. The molecule has 0 unspecified atom stereocenters. The van der Waals surface area contributed by atoms with Crippen molar-refractivity contribution in [2.75, 3.05) is 19.6 Å². The van der Waals surface area contributed by atoms with E-state index in [1.807, 2.05) is 19.1 Å². The Hall–Kier alpha value is -0.810. The fraction of sp³-hybridized carbons (Fsp3) is 0.696. The molecule has 0 saturated heterocycles. The van der Waals surface area contributed by atoms with Crippen molar-refractivity contribution in [1.82, 2.24) is 10.6 Å². The van der Waals surface area contributed by atoms with Crippen LogP contribution in [0.3, 0.4) is 0 Å². The maximum absolute atomic E-state index is 12.8. The van der Waals surface area contributed by atoms with Gasteiger partial charge >= 0.3 is 0 Å². The predicted molar refractivity (Wildman–Crippen MR) is 124 cm³/mol. The Balaban J connectivity index is 0.00000210. The molecule has 0 radical (unpaired) electrons. The average Bonchev–Trinajstić information content (AvgIpc) is 2.66. The summed E-state index contributed by atoms with van der Waals surface area (Å²) in [5.41, 5.74) is 1.75. The lowest BCUT2D eigenvalue weighted by Crippen LogP contribution is -2.43. The van der Waals surface area contributed by atoms with Crippen LogP contribution in [-0.4, -0.2) is 36.8 Å². The number of fused-ring (bicyclic) bond motifs is 2. The van der Waals surface area contributed by atoms with E-state index >= 15 is 0 Å². The normalized spacial score (nSPS) is 24.0. The van der Waals surface area contributed by atoms with Crippen LogP contribution in [0, 0.1) is 11.3 Å². The molecule has 6 heteroatoms. The molecule has 2 fully saturated rings. The molecule has 2 saturated carbocycles. The number of nitrogens with one attached hydrogen (secondary N) is 2. The number of aliphatic hydroxyl groups excluding tert-OH is 1. The molecule has 0 spiro atoms. The highest BCUT2D eigenvalue weighted by Crippen LogP contribution is 2.48. The minimum Gasteiger partial charge on any atom is -0.391 e. The minimum atomic E-state index is -0.470. The Morgan fingerprint density at radius 3 is 2.66 bits per heavy atom. The number of carbonyl (C=O) groups is 1. The molecule has 4 nitrogen and oxygen atoms in total. The number of carbonyl (C=O) groups excluding carboxylic acids is 1. The van der Waals surface area contributed by atoms with Crippen molar-refractivity contribution in [2.24, 2.45) is 11.3 Å². The fourth-order valence-corrected chi connectivity index (χ4v) is 5.17. The number of amides is 1. The molecular formula is C23H38Cl2N2O2. The smallest absolute Gasteiger partial charge is 0.252 e. The summed E-state index contributed by atoms with van der Waals surface area (Å²) >= 11 is 6.30. The van der Waals surface area contributed by atoms with Crippen molar-refractivity contribution in [1.29, 1.82) is 0 Å². The van der Waals surface area contributed by atoms with Gasteiger partial charge in [-0.15, -0.1) is 12.4 Å². The van der Waals surface area contributed by atoms with Gasteiger partial charge in [0.05, 0.1) is 16.7 Å². The molecule has 0 aliphatic heterocycles. The van der Waals surface area contributed by atoms with E-state index < -0.39 is 6.10 Å². The van der Waals surface area contributed by atoms with Crippen LogP contribution in [0.25, 0.3) is 0 Å². The molecule has 2 bridgehead atoms. The van der Waals surface area contributed by atoms with Gasteiger partial charge in [0, 0.05) is 13.1 Å². The molecule has 0 heterocycles. The third-order valence-corrected chi connectivity index (χ3v) is 6.69. The second kappa shape index (κ2) is 12.1. The van der Waals surface area contributed by atoms with Crippen molar-refractivity contribution >= 4 is 29.9 Å². The number of likely N-dealkylation sites (N-methyl/N-ethyl adjacent to an activating group) is 1. The van der Waals surface area contributed by atoms with Crippen LogP contribution in [0.5, 0.6) is 0 Å². The zero-order valence-electron chi connectivity index (χ0n) is 16.8. The van der Waals surface area contributed by atoms with E-state index in [1.54, 1.807) is 6.07 Å². The van der Waals surface area contributed by atoms with Gasteiger partial charge in [-0.3, -0.25) is 4.79 Å². The Labute approximate surface area is 187 Å². The minimum absolute atomic E-state index is 0. The highest BCUT2D eigenvalue weighted by atomic mass is 35.5. The Kier molecular flexibility index (Phi) is 11.0. The zero-order valence-corrected chi connectivity index (χ0v) is 18.4. The number of rotatable bonds is 8. The van der Waals surface area contributed by atoms with Gasteiger partial charge in [0.1, 0.15) is 0 Å².